The van der Waals surface area contributed by atoms with Crippen LogP contribution < -0.4 is 10.6 Å². The Kier molecular flexibility index (Phi) is 11.9. The van der Waals surface area contributed by atoms with E-state index in [4.69, 9.17) is 9.47 Å². The van der Waals surface area contributed by atoms with Crippen LogP contribution in [0.15, 0.2) is 30.3 Å². The van der Waals surface area contributed by atoms with E-state index in [9.17, 15) is 24.3 Å². The fourth-order valence-electron chi connectivity index (χ4n) is 3.42. The normalized spacial score (nSPS) is 13.2. The highest BCUT2D eigenvalue weighted by Crippen LogP contribution is 2.32. The van der Waals surface area contributed by atoms with Crippen molar-refractivity contribution in [3.63, 3.8) is 0 Å². The topological polar surface area (TPSA) is 134 Å². The van der Waals surface area contributed by atoms with Gasteiger partial charge in [0.05, 0.1) is 19.6 Å². The Bertz CT molecular complexity index is 881. The van der Waals surface area contributed by atoms with E-state index in [1.807, 2.05) is 6.92 Å². The van der Waals surface area contributed by atoms with E-state index in [-0.39, 0.29) is 19.6 Å². The van der Waals surface area contributed by atoms with Gasteiger partial charge in [0, 0.05) is 12.1 Å². The van der Waals surface area contributed by atoms with Gasteiger partial charge in [-0.3, -0.25) is 14.4 Å². The number of nitrogens with zero attached hydrogens (tertiary/aromatic N) is 1. The highest BCUT2D eigenvalue weighted by Gasteiger charge is 2.43. The minimum Gasteiger partial charge on any atom is -0.466 e. The molecule has 0 radical (unpaired) electrons. The van der Waals surface area contributed by atoms with Crippen molar-refractivity contribution in [1.29, 1.82) is 0 Å². The zero-order chi connectivity index (χ0) is 27.5. The van der Waals surface area contributed by atoms with Crippen LogP contribution in [0.1, 0.15) is 72.9 Å². The number of aliphatic hydroxyl groups is 1. The first-order valence-corrected chi connectivity index (χ1v) is 12.2. The molecule has 0 aliphatic rings. The second kappa shape index (κ2) is 13.8. The van der Waals surface area contributed by atoms with Crippen LogP contribution in [0.3, 0.4) is 0 Å². The number of alkyl carbamates (subject to hydrolysis) is 1. The Balaban J connectivity index is 3.37. The number of aliphatic hydroxyl groups excluding tert-OH is 1. The summed E-state index contributed by atoms with van der Waals surface area (Å²) in [7, 11) is 0. The third kappa shape index (κ3) is 9.49. The summed E-state index contributed by atoms with van der Waals surface area (Å²) >= 11 is 0. The second-order valence-electron chi connectivity index (χ2n) is 9.91. The number of ether oxygens (including phenoxy) is 2. The molecule has 1 aromatic rings. The maximum Gasteiger partial charge on any atom is 0.408 e. The number of amides is 3. The van der Waals surface area contributed by atoms with Crippen LogP contribution in [-0.4, -0.2) is 70.8 Å². The molecule has 2 atom stereocenters. The second-order valence-corrected chi connectivity index (χ2v) is 9.91. The SMILES string of the molecule is CCOC(=O)CCNC(=O)C(c1ccccc1)N(C(=O)C(CO)NC(=O)OC(C)(C)C)C(C)(C)CC. The summed E-state index contributed by atoms with van der Waals surface area (Å²) in [5.41, 5.74) is -1.12. The first kappa shape index (κ1) is 30.9. The van der Waals surface area contributed by atoms with E-state index < -0.39 is 53.7 Å². The molecule has 0 heterocycles. The number of esters is 1. The van der Waals surface area contributed by atoms with Crippen LogP contribution in [-0.2, 0) is 23.9 Å². The van der Waals surface area contributed by atoms with Gasteiger partial charge in [-0.2, -0.15) is 0 Å². The zero-order valence-corrected chi connectivity index (χ0v) is 22.4. The molecule has 0 saturated heterocycles. The van der Waals surface area contributed by atoms with Crippen molar-refractivity contribution in [3.05, 3.63) is 35.9 Å². The van der Waals surface area contributed by atoms with E-state index >= 15 is 0 Å². The Morgan fingerprint density at radius 3 is 2.14 bits per heavy atom. The predicted octanol–water partition coefficient (Wildman–Crippen LogP) is 2.70. The van der Waals surface area contributed by atoms with Crippen LogP contribution in [0, 0.1) is 0 Å². The van der Waals surface area contributed by atoms with E-state index in [0.29, 0.717) is 12.0 Å². The Hall–Kier alpha value is -3.14. The number of rotatable bonds is 12. The molecule has 0 bridgehead atoms. The molecule has 3 amide bonds. The van der Waals surface area contributed by atoms with Crippen LogP contribution >= 0.6 is 0 Å². The number of hydrogen-bond donors (Lipinski definition) is 3. The van der Waals surface area contributed by atoms with Crippen LogP contribution in [0.5, 0.6) is 0 Å². The minimum atomic E-state index is -1.34. The van der Waals surface area contributed by atoms with Gasteiger partial charge in [0.1, 0.15) is 17.7 Å². The van der Waals surface area contributed by atoms with Crippen molar-refractivity contribution < 1.29 is 33.8 Å². The molecule has 2 unspecified atom stereocenters. The Morgan fingerprint density at radius 2 is 1.64 bits per heavy atom. The number of hydrogen-bond acceptors (Lipinski definition) is 7. The maximum absolute atomic E-state index is 13.8. The predicted molar refractivity (Wildman–Crippen MR) is 135 cm³/mol. The molecular weight excluding hydrogens is 466 g/mol. The van der Waals surface area contributed by atoms with Gasteiger partial charge in [0.2, 0.25) is 11.8 Å². The highest BCUT2D eigenvalue weighted by atomic mass is 16.6. The van der Waals surface area contributed by atoms with Gasteiger partial charge in [0.25, 0.3) is 0 Å². The smallest absolute Gasteiger partial charge is 0.408 e. The molecule has 1 rings (SSSR count). The summed E-state index contributed by atoms with van der Waals surface area (Å²) in [6.07, 6.45) is -0.409. The van der Waals surface area contributed by atoms with Gasteiger partial charge < -0.3 is 30.1 Å². The highest BCUT2D eigenvalue weighted by molar-refractivity contribution is 5.92. The van der Waals surface area contributed by atoms with E-state index in [2.05, 4.69) is 10.6 Å². The average Bonchev–Trinajstić information content (AvgIpc) is 2.79. The summed E-state index contributed by atoms with van der Waals surface area (Å²) in [5.74, 6) is -1.60. The molecule has 3 N–H and O–H groups in total. The van der Waals surface area contributed by atoms with Gasteiger partial charge in [-0.15, -0.1) is 0 Å². The first-order chi connectivity index (χ1) is 16.8. The molecular formula is C26H41N3O7. The minimum absolute atomic E-state index is 0.0222. The quantitative estimate of drug-likeness (QED) is 0.370. The van der Waals surface area contributed by atoms with Crippen LogP contribution in [0.25, 0.3) is 0 Å². The lowest BCUT2D eigenvalue weighted by Gasteiger charge is -2.44. The number of benzene rings is 1. The van der Waals surface area contributed by atoms with Gasteiger partial charge in [-0.1, -0.05) is 37.3 Å². The molecule has 1 aromatic carbocycles. The van der Waals surface area contributed by atoms with Crippen molar-refractivity contribution in [3.8, 4) is 0 Å². The lowest BCUT2D eigenvalue weighted by molar-refractivity contribution is -0.150. The van der Waals surface area contributed by atoms with Crippen molar-refractivity contribution in [2.45, 2.75) is 84.5 Å². The lowest BCUT2D eigenvalue weighted by atomic mass is 9.92. The Morgan fingerprint density at radius 1 is 1.03 bits per heavy atom. The van der Waals surface area contributed by atoms with Gasteiger partial charge >= 0.3 is 12.1 Å². The van der Waals surface area contributed by atoms with Crippen molar-refractivity contribution >= 4 is 23.9 Å². The van der Waals surface area contributed by atoms with E-state index in [1.54, 1.807) is 71.9 Å². The molecule has 10 nitrogen and oxygen atoms in total. The lowest BCUT2D eigenvalue weighted by Crippen LogP contribution is -2.60. The molecule has 10 heteroatoms. The Labute approximate surface area is 213 Å². The van der Waals surface area contributed by atoms with E-state index in [1.165, 1.54) is 4.90 Å². The maximum atomic E-state index is 13.8. The molecule has 0 aliphatic carbocycles. The number of nitrogens with one attached hydrogen (secondary N) is 2. The summed E-state index contributed by atoms with van der Waals surface area (Å²) < 4.78 is 10.2. The number of carbonyl (C=O) groups is 4. The summed E-state index contributed by atoms with van der Waals surface area (Å²) in [4.78, 5) is 52.8. The van der Waals surface area contributed by atoms with Crippen LogP contribution in [0.4, 0.5) is 4.79 Å². The van der Waals surface area contributed by atoms with E-state index in [0.717, 1.165) is 0 Å². The first-order valence-electron chi connectivity index (χ1n) is 12.2. The van der Waals surface area contributed by atoms with Crippen molar-refractivity contribution in [2.24, 2.45) is 0 Å². The monoisotopic (exact) mass is 507 g/mol. The molecule has 0 aliphatic heterocycles. The standard InChI is InChI=1S/C26H41N3O7/c1-8-26(6,7)29(23(33)19(17-30)28-24(34)36-25(3,4)5)21(18-13-11-10-12-14-18)22(32)27-16-15-20(31)35-9-2/h10-14,19,21,30H,8-9,15-17H2,1-7H3,(H,27,32)(H,28,34). The molecule has 36 heavy (non-hydrogen) atoms. The molecule has 0 fully saturated rings. The summed E-state index contributed by atoms with van der Waals surface area (Å²) in [6.45, 7) is 11.8. The fourth-order valence-corrected chi connectivity index (χ4v) is 3.42. The van der Waals surface area contributed by atoms with Gasteiger partial charge in [0.15, 0.2) is 0 Å². The average molecular weight is 508 g/mol. The third-order valence-electron chi connectivity index (χ3n) is 5.48. The summed E-state index contributed by atoms with van der Waals surface area (Å²) in [5, 5.41) is 15.1. The van der Waals surface area contributed by atoms with Gasteiger partial charge in [-0.05, 0) is 53.5 Å². The van der Waals surface area contributed by atoms with Gasteiger partial charge in [-0.25, -0.2) is 4.79 Å². The van der Waals surface area contributed by atoms with Crippen molar-refractivity contribution in [1.82, 2.24) is 15.5 Å². The molecule has 0 saturated carbocycles. The fraction of sp³-hybridized carbons (Fsp3) is 0.615. The zero-order valence-electron chi connectivity index (χ0n) is 22.4. The van der Waals surface area contributed by atoms with Crippen LogP contribution in [0.2, 0.25) is 0 Å². The molecule has 0 aromatic heterocycles. The number of carbonyl (C=O) groups excluding carboxylic acids is 4. The third-order valence-corrected chi connectivity index (χ3v) is 5.48. The molecule has 0 spiro atoms. The largest absolute Gasteiger partial charge is 0.466 e. The molecule has 202 valence electrons. The summed E-state index contributed by atoms with van der Waals surface area (Å²) in [6, 6.07) is 6.29. The van der Waals surface area contributed by atoms with Crippen molar-refractivity contribution in [2.75, 3.05) is 19.8 Å².